The molecule has 4 nitrogen and oxygen atoms in total. The highest BCUT2D eigenvalue weighted by molar-refractivity contribution is 7.49. The second-order valence-electron chi connectivity index (χ2n) is 4.59. The minimum atomic E-state index is -3.83. The molecule has 0 fully saturated rings. The van der Waals surface area contributed by atoms with Gasteiger partial charge in [0.15, 0.2) is 0 Å². The van der Waals surface area contributed by atoms with Crippen LogP contribution in [0.3, 0.4) is 0 Å². The Balaban J connectivity index is 1.84. The summed E-state index contributed by atoms with van der Waals surface area (Å²) in [5, 5.41) is 0. The Morgan fingerprint density at radius 1 is 0.773 bits per heavy atom. The second-order valence-corrected chi connectivity index (χ2v) is 6.03. The molecule has 0 N–H and O–H groups in total. The van der Waals surface area contributed by atoms with Gasteiger partial charge < -0.3 is 13.6 Å². The first-order chi connectivity index (χ1) is 10.7. The second kappa shape index (κ2) is 6.54. The highest BCUT2D eigenvalue weighted by Crippen LogP contribution is 2.51. The molecule has 0 atom stereocenters. The molecular formula is C17H15O4P. The van der Waals surface area contributed by atoms with E-state index < -0.39 is 7.82 Å². The van der Waals surface area contributed by atoms with Gasteiger partial charge in [0.1, 0.15) is 17.3 Å². The summed E-state index contributed by atoms with van der Waals surface area (Å²) in [6.45, 7) is 0. The Labute approximate surface area is 129 Å². The van der Waals surface area contributed by atoms with Crippen LogP contribution >= 0.6 is 7.82 Å². The molecule has 0 aromatic heterocycles. The maximum Gasteiger partial charge on any atom is 0.647 e. The van der Waals surface area contributed by atoms with Crippen molar-refractivity contribution in [3.63, 3.8) is 0 Å². The van der Waals surface area contributed by atoms with E-state index in [1.807, 2.05) is 24.3 Å². The van der Waals surface area contributed by atoms with Crippen molar-refractivity contribution in [2.24, 2.45) is 0 Å². The molecule has 0 radical (unpaired) electrons. The van der Waals surface area contributed by atoms with Crippen LogP contribution in [0, 0.1) is 0 Å². The van der Waals surface area contributed by atoms with Gasteiger partial charge in [0, 0.05) is 0 Å². The molecule has 1 aliphatic carbocycles. The maximum atomic E-state index is 13.0. The third kappa shape index (κ3) is 3.80. The number of benzene rings is 2. The van der Waals surface area contributed by atoms with E-state index in [1.165, 1.54) is 0 Å². The van der Waals surface area contributed by atoms with E-state index in [9.17, 15) is 4.57 Å². The van der Waals surface area contributed by atoms with Crippen LogP contribution in [-0.2, 0) is 9.09 Å². The van der Waals surface area contributed by atoms with E-state index in [0.717, 1.165) is 6.42 Å². The SMILES string of the molecule is O=P(OC1=CCC=C1)(Oc1ccccc1)Oc1ccccc1. The zero-order chi connectivity index (χ0) is 15.3. The first kappa shape index (κ1) is 14.5. The van der Waals surface area contributed by atoms with Gasteiger partial charge in [-0.05, 0) is 42.8 Å². The van der Waals surface area contributed by atoms with Gasteiger partial charge in [0.2, 0.25) is 0 Å². The lowest BCUT2D eigenvalue weighted by Crippen LogP contribution is -2.04. The quantitative estimate of drug-likeness (QED) is 0.695. The Bertz CT molecular complexity index is 677. The van der Waals surface area contributed by atoms with Crippen molar-refractivity contribution in [3.05, 3.63) is 84.7 Å². The van der Waals surface area contributed by atoms with E-state index in [0.29, 0.717) is 17.3 Å². The smallest absolute Gasteiger partial charge is 0.386 e. The molecule has 0 heterocycles. The van der Waals surface area contributed by atoms with Crippen LogP contribution < -0.4 is 9.05 Å². The van der Waals surface area contributed by atoms with Crippen molar-refractivity contribution >= 4 is 7.82 Å². The summed E-state index contributed by atoms with van der Waals surface area (Å²) in [5.74, 6) is 1.32. The van der Waals surface area contributed by atoms with Crippen LogP contribution in [0.15, 0.2) is 84.7 Å². The number of phosphoric acid groups is 1. The fraction of sp³-hybridized carbons (Fsp3) is 0.0588. The molecule has 5 heteroatoms. The van der Waals surface area contributed by atoms with Crippen molar-refractivity contribution in [1.29, 1.82) is 0 Å². The third-order valence-corrected chi connectivity index (χ3v) is 4.18. The molecule has 0 aliphatic heterocycles. The number of hydrogen-bond acceptors (Lipinski definition) is 4. The lowest BCUT2D eigenvalue weighted by atomic mass is 10.3. The summed E-state index contributed by atoms with van der Waals surface area (Å²) < 4.78 is 29.5. The van der Waals surface area contributed by atoms with Gasteiger partial charge in [-0.1, -0.05) is 42.5 Å². The summed E-state index contributed by atoms with van der Waals surface area (Å²) in [7, 11) is -3.83. The van der Waals surface area contributed by atoms with Crippen LogP contribution in [0.2, 0.25) is 0 Å². The number of hydrogen-bond donors (Lipinski definition) is 0. The van der Waals surface area contributed by atoms with Gasteiger partial charge in [-0.25, -0.2) is 0 Å². The molecule has 2 aromatic rings. The molecule has 0 amide bonds. The number of para-hydroxylation sites is 2. The largest absolute Gasteiger partial charge is 0.647 e. The number of phosphoric ester groups is 1. The monoisotopic (exact) mass is 314 g/mol. The first-order valence-corrected chi connectivity index (χ1v) is 8.35. The van der Waals surface area contributed by atoms with E-state index in [4.69, 9.17) is 13.6 Å². The lowest BCUT2D eigenvalue weighted by molar-refractivity contribution is 0.263. The normalized spacial score (nSPS) is 13.5. The molecule has 0 saturated carbocycles. The predicted molar refractivity (Wildman–Crippen MR) is 84.7 cm³/mol. The van der Waals surface area contributed by atoms with E-state index >= 15 is 0 Å². The van der Waals surface area contributed by atoms with Crippen LogP contribution in [0.5, 0.6) is 11.5 Å². The van der Waals surface area contributed by atoms with Crippen molar-refractivity contribution in [3.8, 4) is 11.5 Å². The fourth-order valence-corrected chi connectivity index (χ4v) is 3.18. The number of rotatable bonds is 6. The van der Waals surface area contributed by atoms with Gasteiger partial charge >= 0.3 is 7.82 Å². The molecule has 0 unspecified atom stereocenters. The zero-order valence-corrected chi connectivity index (χ0v) is 12.7. The summed E-state index contributed by atoms with van der Waals surface area (Å²) in [5.41, 5.74) is 0. The molecule has 3 rings (SSSR count). The van der Waals surface area contributed by atoms with E-state index in [-0.39, 0.29) is 0 Å². The Kier molecular flexibility index (Phi) is 4.31. The molecule has 2 aromatic carbocycles. The summed E-state index contributed by atoms with van der Waals surface area (Å²) >= 11 is 0. The first-order valence-electron chi connectivity index (χ1n) is 6.89. The molecular weight excluding hydrogens is 299 g/mol. The zero-order valence-electron chi connectivity index (χ0n) is 11.8. The van der Waals surface area contributed by atoms with Crippen molar-refractivity contribution < 1.29 is 18.1 Å². The van der Waals surface area contributed by atoms with Crippen molar-refractivity contribution in [2.75, 3.05) is 0 Å². The van der Waals surface area contributed by atoms with Crippen LogP contribution in [0.1, 0.15) is 6.42 Å². The van der Waals surface area contributed by atoms with Gasteiger partial charge in [-0.3, -0.25) is 0 Å². The number of allylic oxidation sites excluding steroid dienone is 3. The summed E-state index contributed by atoms with van der Waals surface area (Å²) in [4.78, 5) is 0. The Hall–Kier alpha value is -2.45. The molecule has 22 heavy (non-hydrogen) atoms. The van der Waals surface area contributed by atoms with Gasteiger partial charge in [-0.15, -0.1) is 0 Å². The van der Waals surface area contributed by atoms with Crippen molar-refractivity contribution in [2.45, 2.75) is 6.42 Å². The minimum Gasteiger partial charge on any atom is -0.386 e. The summed E-state index contributed by atoms with van der Waals surface area (Å²) in [6, 6.07) is 17.6. The third-order valence-electron chi connectivity index (χ3n) is 2.88. The highest BCUT2D eigenvalue weighted by atomic mass is 31.2. The maximum absolute atomic E-state index is 13.0. The molecule has 0 bridgehead atoms. The minimum absolute atomic E-state index is 0.421. The Morgan fingerprint density at radius 2 is 1.32 bits per heavy atom. The molecule has 0 spiro atoms. The fourth-order valence-electron chi connectivity index (χ4n) is 1.91. The van der Waals surface area contributed by atoms with E-state index in [2.05, 4.69) is 0 Å². The molecule has 112 valence electrons. The van der Waals surface area contributed by atoms with Crippen LogP contribution in [-0.4, -0.2) is 0 Å². The standard InChI is InChI=1S/C17H15O4P/c18-22(21-17-13-7-8-14-17,19-15-9-3-1-4-10-15)20-16-11-5-2-6-12-16/h1-7,9-14H,8H2. The average Bonchev–Trinajstić information content (AvgIpc) is 3.01. The summed E-state index contributed by atoms with van der Waals surface area (Å²) in [6.07, 6.45) is 6.21. The predicted octanol–water partition coefficient (Wildman–Crippen LogP) is 5.11. The lowest BCUT2D eigenvalue weighted by Gasteiger charge is -2.19. The van der Waals surface area contributed by atoms with Crippen LogP contribution in [0.4, 0.5) is 0 Å². The van der Waals surface area contributed by atoms with Gasteiger partial charge in [0.05, 0.1) is 0 Å². The molecule has 0 saturated heterocycles. The van der Waals surface area contributed by atoms with Crippen molar-refractivity contribution in [1.82, 2.24) is 0 Å². The Morgan fingerprint density at radius 3 is 1.77 bits per heavy atom. The molecule has 1 aliphatic rings. The van der Waals surface area contributed by atoms with E-state index in [1.54, 1.807) is 54.6 Å². The van der Waals surface area contributed by atoms with Gasteiger partial charge in [0.25, 0.3) is 0 Å². The topological polar surface area (TPSA) is 44.8 Å². The van der Waals surface area contributed by atoms with Gasteiger partial charge in [-0.2, -0.15) is 4.57 Å². The van der Waals surface area contributed by atoms with Crippen LogP contribution in [0.25, 0.3) is 0 Å². The average molecular weight is 314 g/mol. The highest BCUT2D eigenvalue weighted by Gasteiger charge is 2.33.